The molecule has 0 radical (unpaired) electrons. The maximum Gasteiger partial charge on any atom is 0.164 e. The highest BCUT2D eigenvalue weighted by molar-refractivity contribution is 8.14. The Balaban J connectivity index is 1.54. The fourth-order valence-corrected chi connectivity index (χ4v) is 6.92. The van der Waals surface area contributed by atoms with Crippen molar-refractivity contribution in [2.45, 2.75) is 18.5 Å². The van der Waals surface area contributed by atoms with Gasteiger partial charge in [0.25, 0.3) is 0 Å². The summed E-state index contributed by atoms with van der Waals surface area (Å²) in [6.45, 7) is 0. The molecule has 0 spiro atoms. The Labute approximate surface area is 187 Å². The first kappa shape index (κ1) is 21.8. The molecular weight excluding hydrogens is 436 g/mol. The van der Waals surface area contributed by atoms with Crippen LogP contribution in [0, 0.1) is 0 Å². The average molecular weight is 463 g/mol. The molecule has 0 saturated carbocycles. The van der Waals surface area contributed by atoms with Gasteiger partial charge >= 0.3 is 0 Å². The molecular formula is C22H26N2O5S2. The number of thioether (sulfide) groups is 1. The van der Waals surface area contributed by atoms with Crippen molar-refractivity contribution in [1.29, 1.82) is 0 Å². The van der Waals surface area contributed by atoms with Crippen molar-refractivity contribution >= 4 is 32.5 Å². The molecule has 0 amide bonds. The smallest absolute Gasteiger partial charge is 0.164 e. The number of anilines is 1. The Kier molecular flexibility index (Phi) is 6.34. The number of benzene rings is 2. The van der Waals surface area contributed by atoms with Crippen molar-refractivity contribution < 1.29 is 22.6 Å². The molecule has 2 atom stereocenters. The van der Waals surface area contributed by atoms with E-state index in [2.05, 4.69) is 17.0 Å². The number of nitrogens with zero attached hydrogens (tertiary/aromatic N) is 2. The molecule has 9 heteroatoms. The lowest BCUT2D eigenvalue weighted by Gasteiger charge is -2.27. The monoisotopic (exact) mass is 462 g/mol. The standard InChI is InChI=1S/C22H26N2O5S2/c1-27-17-7-4-15(5-8-17)10-11-30-22-23-18-13-31(25,26)14-19(18)24(22)16-6-9-20(28-2)21(12-16)29-3/h4-9,12,18-19H,10-11,13-14H2,1-3H3. The summed E-state index contributed by atoms with van der Waals surface area (Å²) in [4.78, 5) is 6.85. The van der Waals surface area contributed by atoms with Crippen LogP contribution in [0.2, 0.25) is 0 Å². The van der Waals surface area contributed by atoms with E-state index in [0.29, 0.717) is 11.5 Å². The van der Waals surface area contributed by atoms with Gasteiger partial charge in [0, 0.05) is 17.5 Å². The Morgan fingerprint density at radius 3 is 2.42 bits per heavy atom. The molecule has 4 rings (SSSR count). The summed E-state index contributed by atoms with van der Waals surface area (Å²) in [6, 6.07) is 13.3. The van der Waals surface area contributed by atoms with Crippen LogP contribution in [0.4, 0.5) is 5.69 Å². The predicted octanol–water partition coefficient (Wildman–Crippen LogP) is 3.03. The molecule has 0 aliphatic carbocycles. The summed E-state index contributed by atoms with van der Waals surface area (Å²) in [7, 11) is 1.74. The molecule has 2 aromatic carbocycles. The maximum atomic E-state index is 12.2. The van der Waals surface area contributed by atoms with E-state index in [-0.39, 0.29) is 23.6 Å². The summed E-state index contributed by atoms with van der Waals surface area (Å²) >= 11 is 1.65. The summed E-state index contributed by atoms with van der Waals surface area (Å²) in [5.74, 6) is 3.12. The maximum absolute atomic E-state index is 12.2. The molecule has 2 unspecified atom stereocenters. The van der Waals surface area contributed by atoms with Gasteiger partial charge in [-0.05, 0) is 36.2 Å². The van der Waals surface area contributed by atoms with Crippen LogP contribution in [0.5, 0.6) is 17.2 Å². The first-order valence-electron chi connectivity index (χ1n) is 9.99. The first-order chi connectivity index (χ1) is 14.9. The van der Waals surface area contributed by atoms with Crippen LogP contribution in [-0.4, -0.2) is 64.3 Å². The van der Waals surface area contributed by atoms with Gasteiger partial charge in [-0.3, -0.25) is 4.99 Å². The van der Waals surface area contributed by atoms with Gasteiger partial charge in [-0.1, -0.05) is 23.9 Å². The van der Waals surface area contributed by atoms with Gasteiger partial charge in [0.2, 0.25) is 0 Å². The zero-order valence-electron chi connectivity index (χ0n) is 17.8. The molecule has 2 aliphatic heterocycles. The number of aliphatic imine (C=N–C) groups is 1. The molecule has 1 fully saturated rings. The number of methoxy groups -OCH3 is 3. The quantitative estimate of drug-likeness (QED) is 0.626. The minimum atomic E-state index is -3.09. The Bertz CT molecular complexity index is 1070. The number of rotatable bonds is 7. The Morgan fingerprint density at radius 1 is 1.00 bits per heavy atom. The number of sulfone groups is 1. The van der Waals surface area contributed by atoms with Crippen molar-refractivity contribution in [1.82, 2.24) is 0 Å². The SMILES string of the molecule is COc1ccc(CCSC2=NC3CS(=O)(=O)CC3N2c2ccc(OC)c(OC)c2)cc1. The van der Waals surface area contributed by atoms with Crippen LogP contribution in [0.1, 0.15) is 5.56 Å². The van der Waals surface area contributed by atoms with Gasteiger partial charge in [0.1, 0.15) is 5.75 Å². The average Bonchev–Trinajstić information content (AvgIpc) is 3.24. The second-order valence-corrected chi connectivity index (χ2v) is 10.7. The van der Waals surface area contributed by atoms with E-state index < -0.39 is 9.84 Å². The van der Waals surface area contributed by atoms with Crippen LogP contribution in [0.3, 0.4) is 0 Å². The molecule has 0 N–H and O–H groups in total. The van der Waals surface area contributed by atoms with Crippen molar-refractivity contribution in [3.8, 4) is 17.2 Å². The third-order valence-corrected chi connectivity index (χ3v) is 8.20. The normalized spacial score (nSPS) is 21.5. The van der Waals surface area contributed by atoms with Crippen molar-refractivity contribution in [2.75, 3.05) is 43.5 Å². The van der Waals surface area contributed by atoms with E-state index in [1.165, 1.54) is 5.56 Å². The van der Waals surface area contributed by atoms with Crippen LogP contribution in [0.15, 0.2) is 47.5 Å². The zero-order chi connectivity index (χ0) is 22.0. The number of hydrogen-bond acceptors (Lipinski definition) is 8. The fraction of sp³-hybridized carbons (Fsp3) is 0.409. The number of hydrogen-bond donors (Lipinski definition) is 0. The van der Waals surface area contributed by atoms with Gasteiger partial charge in [-0.15, -0.1) is 0 Å². The highest BCUT2D eigenvalue weighted by Crippen LogP contribution is 2.39. The van der Waals surface area contributed by atoms with E-state index in [1.54, 1.807) is 33.1 Å². The van der Waals surface area contributed by atoms with E-state index in [4.69, 9.17) is 19.2 Å². The molecule has 166 valence electrons. The van der Waals surface area contributed by atoms with E-state index in [0.717, 1.165) is 28.8 Å². The largest absolute Gasteiger partial charge is 0.497 e. The number of ether oxygens (including phenoxy) is 3. The summed E-state index contributed by atoms with van der Waals surface area (Å²) in [5, 5.41) is 0.852. The first-order valence-corrected chi connectivity index (χ1v) is 12.8. The van der Waals surface area contributed by atoms with Crippen LogP contribution >= 0.6 is 11.8 Å². The minimum absolute atomic E-state index is 0.101. The van der Waals surface area contributed by atoms with Crippen LogP contribution < -0.4 is 19.1 Å². The summed E-state index contributed by atoms with van der Waals surface area (Å²) < 4.78 is 40.5. The lowest BCUT2D eigenvalue weighted by Crippen LogP contribution is -2.39. The van der Waals surface area contributed by atoms with Crippen LogP contribution in [-0.2, 0) is 16.3 Å². The highest BCUT2D eigenvalue weighted by Gasteiger charge is 2.47. The van der Waals surface area contributed by atoms with Crippen molar-refractivity contribution in [3.05, 3.63) is 48.0 Å². The van der Waals surface area contributed by atoms with Crippen molar-refractivity contribution in [3.63, 3.8) is 0 Å². The summed E-state index contributed by atoms with van der Waals surface area (Å²) in [6.07, 6.45) is 0.876. The van der Waals surface area contributed by atoms with E-state index in [1.807, 2.05) is 30.3 Å². The zero-order valence-corrected chi connectivity index (χ0v) is 19.4. The molecule has 1 saturated heterocycles. The Morgan fingerprint density at radius 2 is 1.74 bits per heavy atom. The fourth-order valence-electron chi connectivity index (χ4n) is 3.96. The number of aryl methyl sites for hydroxylation is 1. The second kappa shape index (κ2) is 9.00. The molecule has 7 nitrogen and oxygen atoms in total. The van der Waals surface area contributed by atoms with Crippen molar-refractivity contribution in [2.24, 2.45) is 4.99 Å². The molecule has 2 aromatic rings. The third kappa shape index (κ3) is 4.62. The van der Waals surface area contributed by atoms with Gasteiger partial charge in [0.15, 0.2) is 26.5 Å². The molecule has 2 heterocycles. The molecule has 0 bridgehead atoms. The molecule has 31 heavy (non-hydrogen) atoms. The Hall–Kier alpha value is -2.39. The van der Waals surface area contributed by atoms with Gasteiger partial charge < -0.3 is 19.1 Å². The predicted molar refractivity (Wildman–Crippen MR) is 125 cm³/mol. The number of amidine groups is 1. The lowest BCUT2D eigenvalue weighted by molar-refractivity contribution is 0.355. The van der Waals surface area contributed by atoms with Crippen LogP contribution in [0.25, 0.3) is 0 Å². The second-order valence-electron chi connectivity index (χ2n) is 7.48. The topological polar surface area (TPSA) is 77.4 Å². The van der Waals surface area contributed by atoms with Gasteiger partial charge in [-0.2, -0.15) is 0 Å². The molecule has 0 aromatic heterocycles. The van der Waals surface area contributed by atoms with E-state index >= 15 is 0 Å². The van der Waals surface area contributed by atoms with Gasteiger partial charge in [-0.25, -0.2) is 8.42 Å². The minimum Gasteiger partial charge on any atom is -0.497 e. The molecule has 2 aliphatic rings. The summed E-state index contributed by atoms with van der Waals surface area (Å²) in [5.41, 5.74) is 2.07. The highest BCUT2D eigenvalue weighted by atomic mass is 32.2. The lowest BCUT2D eigenvalue weighted by atomic mass is 10.1. The number of fused-ring (bicyclic) bond motifs is 1. The van der Waals surface area contributed by atoms with Gasteiger partial charge in [0.05, 0.1) is 44.9 Å². The third-order valence-electron chi connectivity index (χ3n) is 5.53. The van der Waals surface area contributed by atoms with E-state index in [9.17, 15) is 8.42 Å².